The fraction of sp³-hybridized carbons (Fsp3) is 0.750. The van der Waals surface area contributed by atoms with Crippen LogP contribution < -0.4 is 5.73 Å². The Kier molecular flexibility index (Phi) is 3.96. The number of ether oxygens (including phenoxy) is 1. The molecule has 2 rings (SSSR count). The van der Waals surface area contributed by atoms with Crippen LogP contribution in [0.15, 0.2) is 0 Å². The smallest absolute Gasteiger partial charge is 0.106 e. The lowest BCUT2D eigenvalue weighted by atomic mass is 9.97. The number of aryl methyl sites for hydroxylation is 2. The summed E-state index contributed by atoms with van der Waals surface area (Å²) in [5.74, 6) is 1.10. The molecule has 0 spiro atoms. The zero-order valence-electron chi connectivity index (χ0n) is 9.96. The van der Waals surface area contributed by atoms with Gasteiger partial charge in [0.25, 0.3) is 0 Å². The Hall–Kier alpha value is -0.870. The zero-order valence-corrected chi connectivity index (χ0v) is 9.96. The molecule has 4 heteroatoms. The third-order valence-corrected chi connectivity index (χ3v) is 3.04. The predicted molar refractivity (Wildman–Crippen MR) is 63.4 cm³/mol. The second-order valence-corrected chi connectivity index (χ2v) is 4.41. The second kappa shape index (κ2) is 5.46. The van der Waals surface area contributed by atoms with Crippen molar-refractivity contribution in [3.8, 4) is 0 Å². The number of fused-ring (bicyclic) bond motifs is 1. The average Bonchev–Trinajstić information content (AvgIpc) is 2.66. The Morgan fingerprint density at radius 2 is 2.44 bits per heavy atom. The van der Waals surface area contributed by atoms with Gasteiger partial charge in [0.2, 0.25) is 0 Å². The highest BCUT2D eigenvalue weighted by Crippen LogP contribution is 2.18. The van der Waals surface area contributed by atoms with Gasteiger partial charge in [0.1, 0.15) is 5.82 Å². The van der Waals surface area contributed by atoms with E-state index in [1.807, 2.05) is 6.92 Å². The van der Waals surface area contributed by atoms with Gasteiger partial charge in [-0.05, 0) is 26.2 Å². The molecule has 0 aliphatic heterocycles. The summed E-state index contributed by atoms with van der Waals surface area (Å²) in [6.45, 7) is 3.64. The molecule has 1 aromatic heterocycles. The average molecular weight is 223 g/mol. The fourth-order valence-electron chi connectivity index (χ4n) is 2.17. The van der Waals surface area contributed by atoms with Gasteiger partial charge in [-0.15, -0.1) is 0 Å². The van der Waals surface area contributed by atoms with Gasteiger partial charge in [-0.1, -0.05) is 0 Å². The molecule has 1 aromatic rings. The first-order valence-corrected chi connectivity index (χ1v) is 6.19. The van der Waals surface area contributed by atoms with Crippen LogP contribution in [0.4, 0.5) is 0 Å². The Bertz CT molecular complexity index is 335. The summed E-state index contributed by atoms with van der Waals surface area (Å²) in [5, 5.41) is 0. The number of nitrogens with two attached hydrogens (primary N) is 1. The topological polar surface area (TPSA) is 63.9 Å². The van der Waals surface area contributed by atoms with Crippen molar-refractivity contribution in [2.45, 2.75) is 45.1 Å². The first-order chi connectivity index (χ1) is 7.79. The van der Waals surface area contributed by atoms with E-state index in [0.29, 0.717) is 6.04 Å². The molecule has 0 saturated carbocycles. The van der Waals surface area contributed by atoms with E-state index in [2.05, 4.69) is 9.97 Å². The zero-order chi connectivity index (χ0) is 11.4. The molecule has 0 aromatic carbocycles. The summed E-state index contributed by atoms with van der Waals surface area (Å²) in [6, 6.07) is 0.309. The number of aromatic amines is 1. The monoisotopic (exact) mass is 223 g/mol. The molecule has 0 saturated heterocycles. The number of hydrogen-bond acceptors (Lipinski definition) is 3. The van der Waals surface area contributed by atoms with Crippen molar-refractivity contribution in [2.75, 3.05) is 13.2 Å². The number of H-pyrrole nitrogens is 1. The maximum Gasteiger partial charge on any atom is 0.106 e. The lowest BCUT2D eigenvalue weighted by Gasteiger charge is -2.15. The molecule has 4 nitrogen and oxygen atoms in total. The minimum Gasteiger partial charge on any atom is -0.382 e. The van der Waals surface area contributed by atoms with Crippen molar-refractivity contribution in [2.24, 2.45) is 5.73 Å². The van der Waals surface area contributed by atoms with Crippen molar-refractivity contribution in [3.05, 3.63) is 17.2 Å². The Morgan fingerprint density at radius 3 is 3.25 bits per heavy atom. The standard InChI is InChI=1S/C12H21N3O/c1-2-16-7-3-4-12-14-10-6-5-9(13)8-11(10)15-12/h9H,2-8,13H2,1H3,(H,14,15). The van der Waals surface area contributed by atoms with E-state index in [-0.39, 0.29) is 0 Å². The first-order valence-electron chi connectivity index (χ1n) is 6.19. The van der Waals surface area contributed by atoms with E-state index in [4.69, 9.17) is 10.5 Å². The van der Waals surface area contributed by atoms with Crippen LogP contribution in [0.5, 0.6) is 0 Å². The molecule has 3 N–H and O–H groups in total. The summed E-state index contributed by atoms with van der Waals surface area (Å²) in [6.07, 6.45) is 5.05. The summed E-state index contributed by atoms with van der Waals surface area (Å²) < 4.78 is 5.31. The number of hydrogen-bond donors (Lipinski definition) is 2. The van der Waals surface area contributed by atoms with E-state index in [1.165, 1.54) is 11.4 Å². The molecule has 1 unspecified atom stereocenters. The third-order valence-electron chi connectivity index (χ3n) is 3.04. The van der Waals surface area contributed by atoms with E-state index in [1.54, 1.807) is 0 Å². The molecule has 1 heterocycles. The lowest BCUT2D eigenvalue weighted by Crippen LogP contribution is -2.27. The van der Waals surface area contributed by atoms with Gasteiger partial charge >= 0.3 is 0 Å². The molecule has 1 aliphatic carbocycles. The fourth-order valence-corrected chi connectivity index (χ4v) is 2.17. The molecule has 0 radical (unpaired) electrons. The molecule has 1 aliphatic rings. The number of rotatable bonds is 5. The van der Waals surface area contributed by atoms with Gasteiger partial charge in [0.05, 0.1) is 5.69 Å². The largest absolute Gasteiger partial charge is 0.382 e. The highest BCUT2D eigenvalue weighted by Gasteiger charge is 2.18. The maximum absolute atomic E-state index is 5.93. The van der Waals surface area contributed by atoms with Crippen LogP contribution in [0.1, 0.15) is 37.0 Å². The van der Waals surface area contributed by atoms with Gasteiger partial charge in [-0.3, -0.25) is 0 Å². The van der Waals surface area contributed by atoms with Gasteiger partial charge in [-0.2, -0.15) is 0 Å². The minimum absolute atomic E-state index is 0.309. The molecule has 1 atom stereocenters. The van der Waals surface area contributed by atoms with Crippen LogP contribution in [0.3, 0.4) is 0 Å². The lowest BCUT2D eigenvalue weighted by molar-refractivity contribution is 0.145. The van der Waals surface area contributed by atoms with E-state index >= 15 is 0 Å². The Balaban J connectivity index is 1.87. The molecule has 0 bridgehead atoms. The Morgan fingerprint density at radius 1 is 1.56 bits per heavy atom. The van der Waals surface area contributed by atoms with Gasteiger partial charge in [0, 0.05) is 37.8 Å². The van der Waals surface area contributed by atoms with Crippen molar-refractivity contribution >= 4 is 0 Å². The van der Waals surface area contributed by atoms with E-state index < -0.39 is 0 Å². The molecular weight excluding hydrogens is 202 g/mol. The van der Waals surface area contributed by atoms with Crippen LogP contribution in [-0.2, 0) is 24.0 Å². The van der Waals surface area contributed by atoms with Crippen molar-refractivity contribution in [1.82, 2.24) is 9.97 Å². The van der Waals surface area contributed by atoms with Crippen molar-refractivity contribution < 1.29 is 4.74 Å². The number of imidazole rings is 1. The van der Waals surface area contributed by atoms with Crippen LogP contribution in [0, 0.1) is 0 Å². The molecule has 16 heavy (non-hydrogen) atoms. The Labute approximate surface area is 96.6 Å². The third kappa shape index (κ3) is 2.83. The number of nitrogens with one attached hydrogen (secondary N) is 1. The van der Waals surface area contributed by atoms with Crippen molar-refractivity contribution in [3.63, 3.8) is 0 Å². The molecular formula is C12H21N3O. The maximum atomic E-state index is 5.93. The SMILES string of the molecule is CCOCCCc1nc2c([nH]1)CC(N)CC2. The van der Waals surface area contributed by atoms with Crippen LogP contribution >= 0.6 is 0 Å². The molecule has 90 valence electrons. The number of nitrogens with zero attached hydrogens (tertiary/aromatic N) is 1. The van der Waals surface area contributed by atoms with Gasteiger partial charge < -0.3 is 15.5 Å². The van der Waals surface area contributed by atoms with Crippen LogP contribution in [0.2, 0.25) is 0 Å². The number of aromatic nitrogens is 2. The quantitative estimate of drug-likeness (QED) is 0.737. The summed E-state index contributed by atoms with van der Waals surface area (Å²) >= 11 is 0. The molecule has 0 fully saturated rings. The van der Waals surface area contributed by atoms with Crippen LogP contribution in [-0.4, -0.2) is 29.2 Å². The predicted octanol–water partition coefficient (Wildman–Crippen LogP) is 1.19. The van der Waals surface area contributed by atoms with E-state index in [0.717, 1.165) is 51.1 Å². The van der Waals surface area contributed by atoms with Gasteiger partial charge in [0.15, 0.2) is 0 Å². The minimum atomic E-state index is 0.309. The first kappa shape index (κ1) is 11.6. The summed E-state index contributed by atoms with van der Waals surface area (Å²) in [7, 11) is 0. The normalized spacial score (nSPS) is 19.8. The second-order valence-electron chi connectivity index (χ2n) is 4.41. The summed E-state index contributed by atoms with van der Waals surface area (Å²) in [5.41, 5.74) is 8.42. The van der Waals surface area contributed by atoms with E-state index in [9.17, 15) is 0 Å². The summed E-state index contributed by atoms with van der Waals surface area (Å²) in [4.78, 5) is 8.01. The van der Waals surface area contributed by atoms with Gasteiger partial charge in [-0.25, -0.2) is 4.98 Å². The van der Waals surface area contributed by atoms with Crippen LogP contribution in [0.25, 0.3) is 0 Å². The molecule has 0 amide bonds. The van der Waals surface area contributed by atoms with Crippen molar-refractivity contribution in [1.29, 1.82) is 0 Å². The highest BCUT2D eigenvalue weighted by atomic mass is 16.5. The highest BCUT2D eigenvalue weighted by molar-refractivity contribution is 5.19.